The maximum Gasteiger partial charge on any atom is 0.308 e. The quantitative estimate of drug-likeness (QED) is 0.246. The van der Waals surface area contributed by atoms with Gasteiger partial charge in [-0.05, 0) is 44.7 Å². The van der Waals surface area contributed by atoms with Crippen LogP contribution in [0.15, 0.2) is 33.8 Å². The summed E-state index contributed by atoms with van der Waals surface area (Å²) in [6.07, 6.45) is 3.42. The molecule has 3 rings (SSSR count). The summed E-state index contributed by atoms with van der Waals surface area (Å²) in [5.41, 5.74) is 0.799. The maximum atomic E-state index is 11.9. The number of hydrogen-bond donors (Lipinski definition) is 2. The van der Waals surface area contributed by atoms with Crippen LogP contribution in [0.2, 0.25) is 5.02 Å². The average molecular weight is 548 g/mol. The molecule has 1 aromatic heterocycles. The van der Waals surface area contributed by atoms with Crippen molar-refractivity contribution in [3.63, 3.8) is 0 Å². The van der Waals surface area contributed by atoms with Gasteiger partial charge in [-0.2, -0.15) is 4.98 Å². The third kappa shape index (κ3) is 6.83. The molecule has 0 radical (unpaired) electrons. The number of hydrogen-bond acceptors (Lipinski definition) is 6. The highest BCUT2D eigenvalue weighted by Crippen LogP contribution is 2.25. The van der Waals surface area contributed by atoms with Crippen molar-refractivity contribution in [2.24, 2.45) is 10.9 Å². The minimum atomic E-state index is -0.0830. The van der Waals surface area contributed by atoms with Crippen molar-refractivity contribution in [1.29, 1.82) is 0 Å². The Morgan fingerprint density at radius 3 is 2.77 bits per heavy atom. The van der Waals surface area contributed by atoms with E-state index in [1.165, 1.54) is 0 Å². The number of halogens is 2. The molecule has 164 valence electrons. The number of benzene rings is 1. The minimum absolute atomic E-state index is 0. The predicted molar refractivity (Wildman–Crippen MR) is 126 cm³/mol. The van der Waals surface area contributed by atoms with Gasteiger partial charge in [0.1, 0.15) is 0 Å². The van der Waals surface area contributed by atoms with Crippen LogP contribution >= 0.6 is 35.6 Å². The topological polar surface area (TPSA) is 102 Å². The fourth-order valence-electron chi connectivity index (χ4n) is 3.35. The molecule has 0 atom stereocenters. The number of esters is 1. The highest BCUT2D eigenvalue weighted by Gasteiger charge is 2.27. The highest BCUT2D eigenvalue weighted by molar-refractivity contribution is 14.0. The molecule has 0 bridgehead atoms. The number of aliphatic imine (C=N–C) groups is 1. The van der Waals surface area contributed by atoms with E-state index in [4.69, 9.17) is 20.9 Å². The molecule has 1 aliphatic rings. The minimum Gasteiger partial charge on any atom is -0.466 e. The zero-order chi connectivity index (χ0) is 20.6. The van der Waals surface area contributed by atoms with Crippen LogP contribution in [0.5, 0.6) is 0 Å². The first kappa shape index (κ1) is 24.4. The lowest BCUT2D eigenvalue weighted by atomic mass is 9.86. The molecule has 0 spiro atoms. The van der Waals surface area contributed by atoms with Crippen LogP contribution < -0.4 is 10.6 Å². The van der Waals surface area contributed by atoms with Gasteiger partial charge < -0.3 is 19.9 Å². The van der Waals surface area contributed by atoms with Gasteiger partial charge in [0.25, 0.3) is 0 Å². The molecule has 30 heavy (non-hydrogen) atoms. The molecule has 0 amide bonds. The van der Waals surface area contributed by atoms with Gasteiger partial charge in [-0.1, -0.05) is 28.9 Å². The summed E-state index contributed by atoms with van der Waals surface area (Å²) >= 11 is 6.01. The van der Waals surface area contributed by atoms with Crippen molar-refractivity contribution in [3.8, 4) is 11.4 Å². The summed E-state index contributed by atoms with van der Waals surface area (Å²) in [6.45, 7) is 2.62. The fraction of sp³-hybridized carbons (Fsp3) is 0.500. The molecular formula is C20H27ClIN5O3. The first-order valence-corrected chi connectivity index (χ1v) is 10.2. The van der Waals surface area contributed by atoms with Gasteiger partial charge in [0.2, 0.25) is 11.7 Å². The monoisotopic (exact) mass is 547 g/mol. The Balaban J connectivity index is 0.00000320. The fourth-order valence-corrected chi connectivity index (χ4v) is 3.54. The Labute approximate surface area is 198 Å². The number of carbonyl (C=O) groups excluding carboxylic acids is 1. The van der Waals surface area contributed by atoms with Crippen molar-refractivity contribution >= 4 is 47.5 Å². The van der Waals surface area contributed by atoms with Gasteiger partial charge in [0.15, 0.2) is 5.96 Å². The van der Waals surface area contributed by atoms with Gasteiger partial charge in [-0.25, -0.2) is 0 Å². The van der Waals surface area contributed by atoms with Crippen LogP contribution in [-0.2, 0) is 16.1 Å². The van der Waals surface area contributed by atoms with E-state index in [9.17, 15) is 4.79 Å². The van der Waals surface area contributed by atoms with Crippen molar-refractivity contribution in [2.45, 2.75) is 45.2 Å². The molecule has 1 heterocycles. The highest BCUT2D eigenvalue weighted by atomic mass is 127. The molecule has 10 heteroatoms. The van der Waals surface area contributed by atoms with E-state index >= 15 is 0 Å². The molecule has 1 aliphatic carbocycles. The summed E-state index contributed by atoms with van der Waals surface area (Å²) in [7, 11) is 1.71. The van der Waals surface area contributed by atoms with Crippen molar-refractivity contribution in [3.05, 3.63) is 35.2 Å². The molecule has 1 aromatic carbocycles. The second kappa shape index (κ2) is 12.1. The Morgan fingerprint density at radius 2 is 2.10 bits per heavy atom. The van der Waals surface area contributed by atoms with Gasteiger partial charge in [-0.15, -0.1) is 24.0 Å². The molecule has 2 aromatic rings. The van der Waals surface area contributed by atoms with E-state index in [-0.39, 0.29) is 41.9 Å². The summed E-state index contributed by atoms with van der Waals surface area (Å²) in [6, 6.07) is 7.56. The summed E-state index contributed by atoms with van der Waals surface area (Å²) in [5, 5.41) is 11.2. The average Bonchev–Trinajstić information content (AvgIpc) is 3.21. The van der Waals surface area contributed by atoms with Crippen LogP contribution in [0, 0.1) is 5.92 Å². The maximum absolute atomic E-state index is 11.9. The molecular weight excluding hydrogens is 521 g/mol. The summed E-state index contributed by atoms with van der Waals surface area (Å²) in [5.74, 6) is 1.53. The van der Waals surface area contributed by atoms with Crippen molar-refractivity contribution < 1.29 is 14.1 Å². The molecule has 1 saturated carbocycles. The van der Waals surface area contributed by atoms with Crippen molar-refractivity contribution in [1.82, 2.24) is 20.8 Å². The second-order valence-corrected chi connectivity index (χ2v) is 7.33. The van der Waals surface area contributed by atoms with E-state index in [1.54, 1.807) is 19.2 Å². The Hall–Kier alpha value is -1.88. The van der Waals surface area contributed by atoms with Crippen LogP contribution in [-0.4, -0.2) is 41.8 Å². The standard InChI is InChI=1S/C20H26ClN5O3.HI/c1-3-28-19(27)13-7-9-16(10-8-13)24-20(22-2)23-12-17-25-18(26-29-17)14-5-4-6-15(21)11-14;/h4-6,11,13,16H,3,7-10,12H2,1-2H3,(H2,22,23,24);1H. The first-order chi connectivity index (χ1) is 14.1. The van der Waals surface area contributed by atoms with Crippen LogP contribution in [0.25, 0.3) is 11.4 Å². The molecule has 0 unspecified atom stereocenters. The van der Waals surface area contributed by atoms with Crippen molar-refractivity contribution in [2.75, 3.05) is 13.7 Å². The van der Waals surface area contributed by atoms with Gasteiger partial charge in [0, 0.05) is 23.7 Å². The lowest BCUT2D eigenvalue weighted by Crippen LogP contribution is -2.45. The zero-order valence-electron chi connectivity index (χ0n) is 17.1. The Kier molecular flexibility index (Phi) is 9.83. The predicted octanol–water partition coefficient (Wildman–Crippen LogP) is 3.79. The summed E-state index contributed by atoms with van der Waals surface area (Å²) < 4.78 is 10.4. The lowest BCUT2D eigenvalue weighted by molar-refractivity contribution is -0.149. The molecule has 0 saturated heterocycles. The molecule has 8 nitrogen and oxygen atoms in total. The summed E-state index contributed by atoms with van der Waals surface area (Å²) in [4.78, 5) is 20.5. The number of ether oxygens (including phenoxy) is 1. The number of nitrogens with zero attached hydrogens (tertiary/aromatic N) is 3. The van der Waals surface area contributed by atoms with Gasteiger partial charge >= 0.3 is 5.97 Å². The smallest absolute Gasteiger partial charge is 0.308 e. The Morgan fingerprint density at radius 1 is 1.33 bits per heavy atom. The van der Waals surface area contributed by atoms with E-state index < -0.39 is 0 Å². The van der Waals surface area contributed by atoms with Gasteiger partial charge in [-0.3, -0.25) is 9.79 Å². The third-order valence-electron chi connectivity index (χ3n) is 4.87. The van der Waals surface area contributed by atoms with Gasteiger partial charge in [0.05, 0.1) is 19.1 Å². The zero-order valence-corrected chi connectivity index (χ0v) is 20.1. The lowest BCUT2D eigenvalue weighted by Gasteiger charge is -2.28. The Bertz CT molecular complexity index is 852. The van der Waals surface area contributed by atoms with Crippen LogP contribution in [0.4, 0.5) is 0 Å². The molecule has 0 aliphatic heterocycles. The molecule has 1 fully saturated rings. The van der Waals surface area contributed by atoms with Crippen LogP contribution in [0.3, 0.4) is 0 Å². The van der Waals surface area contributed by atoms with E-state index in [0.717, 1.165) is 31.2 Å². The second-order valence-electron chi connectivity index (χ2n) is 6.89. The molecule has 2 N–H and O–H groups in total. The van der Waals surface area contributed by atoms with Crippen LogP contribution in [0.1, 0.15) is 38.5 Å². The van der Waals surface area contributed by atoms with E-state index in [1.807, 2.05) is 19.1 Å². The normalized spacial score (nSPS) is 19.0. The largest absolute Gasteiger partial charge is 0.466 e. The van der Waals surface area contributed by atoms with E-state index in [2.05, 4.69) is 25.8 Å². The first-order valence-electron chi connectivity index (χ1n) is 9.81. The number of carbonyl (C=O) groups is 1. The number of nitrogens with one attached hydrogen (secondary N) is 2. The number of aromatic nitrogens is 2. The van der Waals surface area contributed by atoms with E-state index in [0.29, 0.717) is 35.8 Å². The number of rotatable bonds is 6. The number of guanidine groups is 1. The third-order valence-corrected chi connectivity index (χ3v) is 5.10. The SMILES string of the molecule is CCOC(=O)C1CCC(NC(=NC)NCc2nc(-c3cccc(Cl)c3)no2)CC1.I.